The van der Waals surface area contributed by atoms with E-state index in [1.165, 1.54) is 0 Å². The highest BCUT2D eigenvalue weighted by molar-refractivity contribution is 7.86. The maximum absolute atomic E-state index is 13.1. The smallest absolute Gasteiger partial charge is 0.402 e. The Bertz CT molecular complexity index is 790. The highest BCUT2D eigenvalue weighted by Crippen LogP contribution is 2.30. The van der Waals surface area contributed by atoms with Crippen LogP contribution in [0.5, 0.6) is 5.75 Å². The van der Waals surface area contributed by atoms with E-state index in [-0.39, 0.29) is 6.10 Å². The number of hydrogen-bond donors (Lipinski definition) is 1. The van der Waals surface area contributed by atoms with Crippen LogP contribution in [0, 0.1) is 5.92 Å². The molecule has 2 atom stereocenters. The third-order valence-electron chi connectivity index (χ3n) is 4.34. The van der Waals surface area contributed by atoms with Crippen LogP contribution in [0.25, 0.3) is 0 Å². The average molecular weight is 392 g/mol. The summed E-state index contributed by atoms with van der Waals surface area (Å²) in [4.78, 5) is 12.0. The molecule has 1 aliphatic heterocycles. The van der Waals surface area contributed by atoms with Gasteiger partial charge in [-0.3, -0.25) is 9.35 Å². The van der Waals surface area contributed by atoms with E-state index in [1.54, 1.807) is 6.07 Å². The molecule has 0 amide bonds. The molecule has 0 spiro atoms. The van der Waals surface area contributed by atoms with Crippen molar-refractivity contribution in [3.63, 3.8) is 0 Å². The van der Waals surface area contributed by atoms with E-state index in [2.05, 4.69) is 4.74 Å². The lowest BCUT2D eigenvalue weighted by atomic mass is 9.84. The molecule has 0 bridgehead atoms. The lowest BCUT2D eigenvalue weighted by Gasteiger charge is -2.24. The van der Waals surface area contributed by atoms with Gasteiger partial charge >= 0.3 is 21.3 Å². The molecule has 1 saturated heterocycles. The minimum Gasteiger partial charge on any atom is -0.491 e. The van der Waals surface area contributed by atoms with Gasteiger partial charge in [0, 0.05) is 0 Å². The Balaban J connectivity index is 1.56. The molecule has 2 aliphatic rings. The van der Waals surface area contributed by atoms with Gasteiger partial charge in [-0.1, -0.05) is 6.07 Å². The fourth-order valence-electron chi connectivity index (χ4n) is 2.72. The molecule has 1 aromatic rings. The third-order valence-corrected chi connectivity index (χ3v) is 5.21. The Morgan fingerprint density at radius 3 is 2.73 bits per heavy atom. The van der Waals surface area contributed by atoms with Crippen LogP contribution in [0.1, 0.15) is 17.5 Å². The summed E-state index contributed by atoms with van der Waals surface area (Å²) in [5.74, 6) is -0.857. The number of aryl methyl sites for hydroxylation is 1. The maximum Gasteiger partial charge on any atom is 0.402 e. The van der Waals surface area contributed by atoms with Crippen molar-refractivity contribution in [3.05, 3.63) is 29.3 Å². The number of rotatable bonds is 7. The summed E-state index contributed by atoms with van der Waals surface area (Å²) < 4.78 is 70.8. The van der Waals surface area contributed by atoms with Crippen LogP contribution in [0.2, 0.25) is 0 Å². The number of fused-ring (bicyclic) bond motifs is 1. The molecule has 1 aromatic carbocycles. The summed E-state index contributed by atoms with van der Waals surface area (Å²) in [6.45, 7) is -0.523. The van der Waals surface area contributed by atoms with E-state index >= 15 is 0 Å². The second kappa shape index (κ2) is 7.09. The molecule has 1 heterocycles. The van der Waals surface area contributed by atoms with Gasteiger partial charge in [0.15, 0.2) is 6.61 Å². The quantitative estimate of drug-likeness (QED) is 0.427. The van der Waals surface area contributed by atoms with E-state index in [4.69, 9.17) is 14.0 Å². The maximum atomic E-state index is 13.1. The van der Waals surface area contributed by atoms with Gasteiger partial charge in [0.2, 0.25) is 0 Å². The SMILES string of the molecule is O=C(OCC(F)(F)S(=O)(=O)O)C1CCc2cc(OCC3CO3)ccc2C1. The van der Waals surface area contributed by atoms with Crippen molar-refractivity contribution < 1.29 is 40.8 Å². The third kappa shape index (κ3) is 4.49. The first-order chi connectivity index (χ1) is 12.2. The van der Waals surface area contributed by atoms with Gasteiger partial charge in [-0.25, -0.2) is 0 Å². The summed E-state index contributed by atoms with van der Waals surface area (Å²) in [5.41, 5.74) is 1.89. The number of halogens is 2. The monoisotopic (exact) mass is 392 g/mol. The van der Waals surface area contributed by atoms with Crippen molar-refractivity contribution in [2.45, 2.75) is 30.6 Å². The van der Waals surface area contributed by atoms with Crippen LogP contribution in [0.3, 0.4) is 0 Å². The molecule has 0 aromatic heterocycles. The molecule has 1 fully saturated rings. The number of ether oxygens (including phenoxy) is 3. The van der Waals surface area contributed by atoms with Gasteiger partial charge in [0.25, 0.3) is 0 Å². The predicted octanol–water partition coefficient (Wildman–Crippen LogP) is 1.59. The van der Waals surface area contributed by atoms with Crippen LogP contribution < -0.4 is 4.74 Å². The molecule has 144 valence electrons. The Kier molecular flexibility index (Phi) is 5.18. The van der Waals surface area contributed by atoms with E-state index in [9.17, 15) is 22.0 Å². The molecule has 1 N–H and O–H groups in total. The number of epoxide rings is 1. The van der Waals surface area contributed by atoms with Crippen molar-refractivity contribution >= 4 is 16.1 Å². The van der Waals surface area contributed by atoms with Crippen LogP contribution in [0.15, 0.2) is 18.2 Å². The van der Waals surface area contributed by atoms with E-state index in [0.717, 1.165) is 11.1 Å². The van der Waals surface area contributed by atoms with Crippen molar-refractivity contribution in [1.29, 1.82) is 0 Å². The Hall–Kier alpha value is -1.78. The molecule has 0 radical (unpaired) electrons. The first-order valence-electron chi connectivity index (χ1n) is 8.03. The average Bonchev–Trinajstić information content (AvgIpc) is 3.40. The van der Waals surface area contributed by atoms with Crippen molar-refractivity contribution in [3.8, 4) is 5.75 Å². The summed E-state index contributed by atoms with van der Waals surface area (Å²) in [5, 5.41) is -4.52. The molecule has 3 rings (SSSR count). The summed E-state index contributed by atoms with van der Waals surface area (Å²) >= 11 is 0. The summed E-state index contributed by atoms with van der Waals surface area (Å²) in [7, 11) is -5.62. The molecule has 2 unspecified atom stereocenters. The first kappa shape index (κ1) is 19.0. The van der Waals surface area contributed by atoms with Gasteiger partial charge in [-0.15, -0.1) is 0 Å². The molecule has 26 heavy (non-hydrogen) atoms. The first-order valence-corrected chi connectivity index (χ1v) is 9.47. The number of carbonyl (C=O) groups is 1. The van der Waals surface area contributed by atoms with Crippen LogP contribution in [-0.4, -0.2) is 50.1 Å². The minimum absolute atomic E-state index is 0.144. The number of hydrogen-bond acceptors (Lipinski definition) is 6. The second-order valence-electron chi connectivity index (χ2n) is 6.36. The molecular weight excluding hydrogens is 374 g/mol. The molecular formula is C16H18F2O7S. The number of benzene rings is 1. The fraction of sp³-hybridized carbons (Fsp3) is 0.562. The molecule has 10 heteroatoms. The van der Waals surface area contributed by atoms with Crippen LogP contribution in [-0.2, 0) is 37.2 Å². The zero-order chi connectivity index (χ0) is 18.9. The Morgan fingerprint density at radius 1 is 1.35 bits per heavy atom. The van der Waals surface area contributed by atoms with Gasteiger partial charge in [0.1, 0.15) is 18.5 Å². The number of carbonyl (C=O) groups excluding carboxylic acids is 1. The standard InChI is InChI=1S/C16H18F2O7S/c17-16(18,26(20,21)22)9-25-15(19)12-2-1-11-6-13(4-3-10(11)5-12)23-7-14-8-24-14/h3-4,6,12,14H,1-2,5,7-9H2,(H,20,21,22). The van der Waals surface area contributed by atoms with Crippen LogP contribution >= 0.6 is 0 Å². The van der Waals surface area contributed by atoms with Gasteiger partial charge in [0.05, 0.1) is 12.5 Å². The molecule has 0 saturated carbocycles. The van der Waals surface area contributed by atoms with E-state index in [1.807, 2.05) is 12.1 Å². The van der Waals surface area contributed by atoms with Crippen molar-refractivity contribution in [2.24, 2.45) is 5.92 Å². The zero-order valence-electron chi connectivity index (χ0n) is 13.7. The fourth-order valence-corrected chi connectivity index (χ4v) is 2.93. The lowest BCUT2D eigenvalue weighted by molar-refractivity contribution is -0.154. The van der Waals surface area contributed by atoms with Gasteiger partial charge in [-0.2, -0.15) is 17.2 Å². The Labute approximate surface area is 149 Å². The van der Waals surface area contributed by atoms with E-state index in [0.29, 0.717) is 38.2 Å². The predicted molar refractivity (Wildman–Crippen MR) is 84.6 cm³/mol. The summed E-state index contributed by atoms with van der Waals surface area (Å²) in [6.07, 6.45) is 1.38. The lowest BCUT2D eigenvalue weighted by Crippen LogP contribution is -2.36. The van der Waals surface area contributed by atoms with Crippen molar-refractivity contribution in [1.82, 2.24) is 0 Å². The molecule has 7 nitrogen and oxygen atoms in total. The second-order valence-corrected chi connectivity index (χ2v) is 7.90. The van der Waals surface area contributed by atoms with Gasteiger partial charge < -0.3 is 14.2 Å². The minimum atomic E-state index is -5.62. The highest BCUT2D eigenvalue weighted by atomic mass is 32.2. The molecule has 1 aliphatic carbocycles. The normalized spacial score (nSPS) is 22.4. The zero-order valence-corrected chi connectivity index (χ0v) is 14.5. The summed E-state index contributed by atoms with van der Waals surface area (Å²) in [6, 6.07) is 5.46. The largest absolute Gasteiger partial charge is 0.491 e. The Morgan fingerprint density at radius 2 is 2.08 bits per heavy atom. The van der Waals surface area contributed by atoms with Crippen LogP contribution in [0.4, 0.5) is 8.78 Å². The number of esters is 1. The highest BCUT2D eigenvalue weighted by Gasteiger charge is 2.46. The van der Waals surface area contributed by atoms with Gasteiger partial charge in [-0.05, 0) is 42.5 Å². The van der Waals surface area contributed by atoms with E-state index < -0.39 is 33.9 Å². The van der Waals surface area contributed by atoms with Crippen molar-refractivity contribution in [2.75, 3.05) is 19.8 Å². The topological polar surface area (TPSA) is 102 Å². The number of alkyl halides is 2.